The Labute approximate surface area is 244 Å². The lowest BCUT2D eigenvalue weighted by Crippen LogP contribution is -2.51. The first-order valence-corrected chi connectivity index (χ1v) is 14.3. The van der Waals surface area contributed by atoms with Gasteiger partial charge in [0.25, 0.3) is 0 Å². The highest BCUT2D eigenvalue weighted by molar-refractivity contribution is 6.42. The Morgan fingerprint density at radius 3 is 2.59 bits per heavy atom. The largest absolute Gasteiger partial charge is 0.389 e. The predicted molar refractivity (Wildman–Crippen MR) is 159 cm³/mol. The van der Waals surface area contributed by atoms with Crippen LogP contribution in [0, 0.1) is 0 Å². The third-order valence-electron chi connectivity index (χ3n) is 8.14. The number of aliphatic hydroxyl groups is 1. The van der Waals surface area contributed by atoms with Gasteiger partial charge in [0.2, 0.25) is 5.91 Å². The molecule has 2 aliphatic heterocycles. The Morgan fingerprint density at radius 1 is 1.05 bits per heavy atom. The zero-order valence-corrected chi connectivity index (χ0v) is 23.5. The SMILES string of the molecule is O=C(Cn1cc(-c2ccc(Cl)c(Cl)c2)c2c(N3CC(O)C3)ncnc21)N1CCC(n2c(=O)[nH]c3ccccc32)CC1. The van der Waals surface area contributed by atoms with E-state index in [1.807, 2.05) is 55.5 Å². The number of aliphatic hydroxyl groups excluding tert-OH is 1. The zero-order chi connectivity index (χ0) is 28.2. The molecular weight excluding hydrogens is 565 g/mol. The number of piperidine rings is 1. The molecule has 2 aromatic carbocycles. The smallest absolute Gasteiger partial charge is 0.326 e. The van der Waals surface area contributed by atoms with Crippen molar-refractivity contribution in [2.24, 2.45) is 0 Å². The quantitative estimate of drug-likeness (QED) is 0.318. The number of nitrogens with zero attached hydrogens (tertiary/aromatic N) is 6. The standard InChI is InChI=1S/C29H27Cl2N7O3/c30-21-6-5-17(11-22(21)31)20-14-37(28-26(20)27(32-16-33-28)36-12-19(39)13-36)15-25(40)35-9-7-18(8-10-35)38-24-4-2-1-3-23(24)34-29(38)41/h1-6,11,14,16,18-19,39H,7-10,12-13,15H2,(H,34,41). The van der Waals surface area contributed by atoms with Gasteiger partial charge in [-0.15, -0.1) is 0 Å². The number of carbonyl (C=O) groups is 1. The van der Waals surface area contributed by atoms with E-state index in [1.54, 1.807) is 12.1 Å². The number of fused-ring (bicyclic) bond motifs is 2. The van der Waals surface area contributed by atoms with Crippen LogP contribution in [0.1, 0.15) is 18.9 Å². The van der Waals surface area contributed by atoms with Crippen LogP contribution in [0.25, 0.3) is 33.2 Å². The highest BCUT2D eigenvalue weighted by Gasteiger charge is 2.31. The summed E-state index contributed by atoms with van der Waals surface area (Å²) in [5.74, 6) is 0.685. The molecule has 0 spiro atoms. The number of likely N-dealkylation sites (tertiary alicyclic amines) is 1. The number of hydrogen-bond donors (Lipinski definition) is 2. The van der Waals surface area contributed by atoms with E-state index >= 15 is 0 Å². The summed E-state index contributed by atoms with van der Waals surface area (Å²) in [6, 6.07) is 13.1. The summed E-state index contributed by atoms with van der Waals surface area (Å²) in [6.07, 6.45) is 4.39. The summed E-state index contributed by atoms with van der Waals surface area (Å²) < 4.78 is 3.68. The molecule has 0 radical (unpaired) electrons. The Morgan fingerprint density at radius 2 is 1.83 bits per heavy atom. The number of halogens is 2. The Balaban J connectivity index is 1.16. The second-order valence-corrected chi connectivity index (χ2v) is 11.5. The molecule has 0 atom stereocenters. The van der Waals surface area contributed by atoms with Crippen molar-refractivity contribution in [2.75, 3.05) is 31.1 Å². The summed E-state index contributed by atoms with van der Waals surface area (Å²) in [5, 5.41) is 11.6. The lowest BCUT2D eigenvalue weighted by molar-refractivity contribution is -0.133. The third-order valence-corrected chi connectivity index (χ3v) is 8.88. The lowest BCUT2D eigenvalue weighted by atomic mass is 10.0. The average molecular weight is 592 g/mol. The summed E-state index contributed by atoms with van der Waals surface area (Å²) >= 11 is 12.5. The maximum absolute atomic E-state index is 13.6. The van der Waals surface area contributed by atoms with Crippen LogP contribution < -0.4 is 10.6 Å². The van der Waals surface area contributed by atoms with E-state index in [0.29, 0.717) is 60.5 Å². The first-order valence-electron chi connectivity index (χ1n) is 13.6. The molecule has 3 aromatic heterocycles. The van der Waals surface area contributed by atoms with Gasteiger partial charge in [-0.3, -0.25) is 9.36 Å². The molecule has 5 heterocycles. The summed E-state index contributed by atoms with van der Waals surface area (Å²) in [6.45, 7) is 2.17. The van der Waals surface area contributed by atoms with Gasteiger partial charge in [0.15, 0.2) is 0 Å². The van der Waals surface area contributed by atoms with Crippen molar-refractivity contribution in [2.45, 2.75) is 31.5 Å². The first kappa shape index (κ1) is 26.1. The number of rotatable bonds is 5. The van der Waals surface area contributed by atoms with Crippen LogP contribution in [0.4, 0.5) is 5.82 Å². The fourth-order valence-corrected chi connectivity index (χ4v) is 6.33. The number of para-hydroxylation sites is 2. The van der Waals surface area contributed by atoms with Crippen LogP contribution in [0.2, 0.25) is 10.0 Å². The lowest BCUT2D eigenvalue weighted by Gasteiger charge is -2.37. The number of amides is 1. The van der Waals surface area contributed by atoms with Crippen LogP contribution in [0.15, 0.2) is 59.8 Å². The summed E-state index contributed by atoms with van der Waals surface area (Å²) in [4.78, 5) is 42.1. The van der Waals surface area contributed by atoms with E-state index in [9.17, 15) is 14.7 Å². The molecule has 0 bridgehead atoms. The molecule has 2 fully saturated rings. The van der Waals surface area contributed by atoms with Crippen molar-refractivity contribution in [1.29, 1.82) is 0 Å². The molecule has 2 saturated heterocycles. The number of imidazole rings is 1. The van der Waals surface area contributed by atoms with Crippen LogP contribution in [-0.4, -0.2) is 72.3 Å². The maximum Gasteiger partial charge on any atom is 0.326 e. The monoisotopic (exact) mass is 591 g/mol. The van der Waals surface area contributed by atoms with Gasteiger partial charge in [-0.2, -0.15) is 0 Å². The number of aromatic nitrogens is 5. The molecule has 0 saturated carbocycles. The van der Waals surface area contributed by atoms with Crippen LogP contribution in [-0.2, 0) is 11.3 Å². The second kappa shape index (κ2) is 10.2. The number of carbonyl (C=O) groups excluding carboxylic acids is 1. The molecule has 10 nitrogen and oxygen atoms in total. The van der Waals surface area contributed by atoms with E-state index in [0.717, 1.165) is 27.5 Å². The second-order valence-electron chi connectivity index (χ2n) is 10.7. The van der Waals surface area contributed by atoms with Crippen molar-refractivity contribution < 1.29 is 9.90 Å². The maximum atomic E-state index is 13.6. The fraction of sp³-hybridized carbons (Fsp3) is 0.310. The first-order chi connectivity index (χ1) is 19.9. The molecule has 7 rings (SSSR count). The average Bonchev–Trinajstić information content (AvgIpc) is 3.50. The van der Waals surface area contributed by atoms with Crippen molar-refractivity contribution in [3.63, 3.8) is 0 Å². The van der Waals surface area contributed by atoms with Crippen LogP contribution >= 0.6 is 23.2 Å². The molecular formula is C29H27Cl2N7O3. The van der Waals surface area contributed by atoms with Crippen LogP contribution in [0.5, 0.6) is 0 Å². The van der Waals surface area contributed by atoms with Crippen molar-refractivity contribution >= 4 is 57.0 Å². The molecule has 5 aromatic rings. The molecule has 0 aliphatic carbocycles. The molecule has 1 amide bonds. The fourth-order valence-electron chi connectivity index (χ4n) is 6.03. The van der Waals surface area contributed by atoms with E-state index in [4.69, 9.17) is 23.2 Å². The van der Waals surface area contributed by atoms with Crippen molar-refractivity contribution in [3.8, 4) is 11.1 Å². The molecule has 2 aliphatic rings. The normalized spacial score (nSPS) is 16.6. The highest BCUT2D eigenvalue weighted by atomic mass is 35.5. The van der Waals surface area contributed by atoms with E-state index < -0.39 is 6.10 Å². The van der Waals surface area contributed by atoms with Crippen molar-refractivity contribution in [3.05, 3.63) is 75.5 Å². The van der Waals surface area contributed by atoms with Crippen molar-refractivity contribution in [1.82, 2.24) is 29.0 Å². The number of aromatic amines is 1. The Kier molecular flexibility index (Phi) is 6.49. The van der Waals surface area contributed by atoms with Gasteiger partial charge in [0.1, 0.15) is 24.3 Å². The minimum atomic E-state index is -0.403. The molecule has 41 heavy (non-hydrogen) atoms. The zero-order valence-electron chi connectivity index (χ0n) is 22.0. The van der Waals surface area contributed by atoms with Gasteiger partial charge >= 0.3 is 5.69 Å². The molecule has 210 valence electrons. The Bertz CT molecular complexity index is 1850. The number of nitrogens with one attached hydrogen (secondary N) is 1. The van der Waals surface area contributed by atoms with Crippen LogP contribution in [0.3, 0.4) is 0 Å². The van der Waals surface area contributed by atoms with Gasteiger partial charge in [-0.25, -0.2) is 14.8 Å². The van der Waals surface area contributed by atoms with E-state index in [-0.39, 0.29) is 24.2 Å². The molecule has 0 unspecified atom stereocenters. The number of H-pyrrole nitrogens is 1. The van der Waals surface area contributed by atoms with Gasteiger partial charge in [0.05, 0.1) is 32.6 Å². The minimum Gasteiger partial charge on any atom is -0.389 e. The molecule has 12 heteroatoms. The predicted octanol–water partition coefficient (Wildman–Crippen LogP) is 4.09. The van der Waals surface area contributed by atoms with E-state index in [2.05, 4.69) is 15.0 Å². The van der Waals surface area contributed by atoms with Gasteiger partial charge in [-0.1, -0.05) is 41.4 Å². The third kappa shape index (κ3) is 4.56. The minimum absolute atomic E-state index is 0.0214. The number of benzene rings is 2. The topological polar surface area (TPSA) is 112 Å². The number of hydrogen-bond acceptors (Lipinski definition) is 6. The Hall–Kier alpha value is -3.86. The summed E-state index contributed by atoms with van der Waals surface area (Å²) in [5.41, 5.74) is 3.89. The number of anilines is 1. The van der Waals surface area contributed by atoms with Gasteiger partial charge < -0.3 is 24.5 Å². The number of β-amino-alcohol motifs (C(OH)–C–C–N with tert-alkyl or cyclic N) is 1. The van der Waals surface area contributed by atoms with Gasteiger partial charge in [0, 0.05) is 44.0 Å². The van der Waals surface area contributed by atoms with E-state index in [1.165, 1.54) is 6.33 Å². The van der Waals surface area contributed by atoms with Gasteiger partial charge in [-0.05, 0) is 42.7 Å². The highest BCUT2D eigenvalue weighted by Crippen LogP contribution is 2.38. The molecule has 2 N–H and O–H groups in total. The summed E-state index contributed by atoms with van der Waals surface area (Å²) in [7, 11) is 0.